The largest absolute Gasteiger partial charge is 0.489 e. The van der Waals surface area contributed by atoms with E-state index in [1.54, 1.807) is 29.4 Å². The number of hydrogen-bond acceptors (Lipinski definition) is 3. The van der Waals surface area contributed by atoms with E-state index in [0.717, 1.165) is 6.42 Å². The number of imidazole rings is 1. The van der Waals surface area contributed by atoms with Crippen molar-refractivity contribution in [3.63, 3.8) is 0 Å². The highest BCUT2D eigenvalue weighted by atomic mass is 35.5. The van der Waals surface area contributed by atoms with Crippen molar-refractivity contribution in [1.82, 2.24) is 14.5 Å². The first kappa shape index (κ1) is 20.6. The van der Waals surface area contributed by atoms with Crippen LogP contribution in [0.15, 0.2) is 30.9 Å². The third-order valence-electron chi connectivity index (χ3n) is 3.06. The van der Waals surface area contributed by atoms with Crippen LogP contribution >= 0.6 is 34.8 Å². The average molecular weight is 391 g/mol. The molecule has 130 valence electrons. The van der Waals surface area contributed by atoms with Crippen LogP contribution in [0.3, 0.4) is 0 Å². The standard InChI is InChI=1S/C15H16Cl3N3O2.CH2/c1-2-4-20(15(22)21-5-3-19-10-21)6-7-23-14-12(17)8-11(16)9-13(14)18;/h3,5,8-10H,2,4,6-7H2,1H3;1H2. The molecule has 0 unspecified atom stereocenters. The molecule has 24 heavy (non-hydrogen) atoms. The van der Waals surface area contributed by atoms with Gasteiger partial charge in [0.1, 0.15) is 12.9 Å². The van der Waals surface area contributed by atoms with Crippen LogP contribution in [0.1, 0.15) is 13.3 Å². The van der Waals surface area contributed by atoms with E-state index in [9.17, 15) is 4.79 Å². The molecular formula is C16H18Cl3N3O2. The topological polar surface area (TPSA) is 47.4 Å². The summed E-state index contributed by atoms with van der Waals surface area (Å²) in [7, 11) is 0. The van der Waals surface area contributed by atoms with Crippen molar-refractivity contribution >= 4 is 40.8 Å². The van der Waals surface area contributed by atoms with Crippen LogP contribution in [0.2, 0.25) is 15.1 Å². The van der Waals surface area contributed by atoms with Crippen LogP contribution in [-0.4, -0.2) is 40.2 Å². The molecule has 1 amide bonds. The number of nitrogens with zero attached hydrogens (tertiary/aromatic N) is 3. The second-order valence-corrected chi connectivity index (χ2v) is 6.04. The van der Waals surface area contributed by atoms with Crippen molar-refractivity contribution in [2.45, 2.75) is 13.3 Å². The van der Waals surface area contributed by atoms with Crippen LogP contribution in [0.25, 0.3) is 0 Å². The maximum atomic E-state index is 12.3. The van der Waals surface area contributed by atoms with Gasteiger partial charge in [0.25, 0.3) is 0 Å². The molecule has 8 heteroatoms. The summed E-state index contributed by atoms with van der Waals surface area (Å²) in [5.74, 6) is 0.365. The third kappa shape index (κ3) is 5.30. The van der Waals surface area contributed by atoms with Crippen molar-refractivity contribution in [2.24, 2.45) is 0 Å². The molecule has 0 saturated heterocycles. The van der Waals surface area contributed by atoms with Gasteiger partial charge in [-0.15, -0.1) is 0 Å². The highest BCUT2D eigenvalue weighted by Gasteiger charge is 2.15. The number of rotatable bonds is 6. The van der Waals surface area contributed by atoms with Gasteiger partial charge < -0.3 is 9.64 Å². The number of ether oxygens (including phenoxy) is 1. The molecule has 0 spiro atoms. The van der Waals surface area contributed by atoms with Crippen LogP contribution in [0, 0.1) is 7.43 Å². The molecule has 0 aliphatic carbocycles. The molecular weight excluding hydrogens is 373 g/mol. The van der Waals surface area contributed by atoms with Crippen molar-refractivity contribution in [2.75, 3.05) is 19.7 Å². The molecule has 2 rings (SSSR count). The lowest BCUT2D eigenvalue weighted by atomic mass is 10.3. The second-order valence-electron chi connectivity index (χ2n) is 4.79. The molecule has 2 radical (unpaired) electrons. The lowest BCUT2D eigenvalue weighted by Crippen LogP contribution is -2.37. The summed E-state index contributed by atoms with van der Waals surface area (Å²) in [6, 6.07) is 2.97. The quantitative estimate of drug-likeness (QED) is 0.702. The molecule has 0 N–H and O–H groups in total. The van der Waals surface area contributed by atoms with Gasteiger partial charge in [0.2, 0.25) is 0 Å². The minimum atomic E-state index is -0.152. The Kier molecular flexibility index (Phi) is 8.39. The highest BCUT2D eigenvalue weighted by molar-refractivity contribution is 6.40. The number of carbonyl (C=O) groups excluding carboxylic acids is 1. The van der Waals surface area contributed by atoms with Gasteiger partial charge in [-0.25, -0.2) is 9.78 Å². The predicted molar refractivity (Wildman–Crippen MR) is 97.2 cm³/mol. The molecule has 0 saturated carbocycles. The first-order valence-electron chi connectivity index (χ1n) is 7.07. The minimum Gasteiger partial charge on any atom is -0.489 e. The number of aromatic nitrogens is 2. The SMILES string of the molecule is CCCN(CCOc1c(Cl)cc(Cl)cc1Cl)C(=O)n1ccnc1.[CH2]. The summed E-state index contributed by atoms with van der Waals surface area (Å²) in [6.07, 6.45) is 5.48. The summed E-state index contributed by atoms with van der Waals surface area (Å²) in [5, 5.41) is 1.12. The summed E-state index contributed by atoms with van der Waals surface area (Å²) in [6.45, 7) is 3.28. The summed E-state index contributed by atoms with van der Waals surface area (Å²) < 4.78 is 7.05. The van der Waals surface area contributed by atoms with E-state index >= 15 is 0 Å². The molecule has 1 heterocycles. The number of halogens is 3. The van der Waals surface area contributed by atoms with Crippen LogP contribution < -0.4 is 4.74 Å². The molecule has 2 aromatic rings. The second kappa shape index (κ2) is 9.77. The van der Waals surface area contributed by atoms with Crippen LogP contribution in [-0.2, 0) is 0 Å². The minimum absolute atomic E-state index is 0. The zero-order valence-electron chi connectivity index (χ0n) is 13.2. The van der Waals surface area contributed by atoms with Gasteiger partial charge >= 0.3 is 6.03 Å². The van der Waals surface area contributed by atoms with Gasteiger partial charge in [-0.3, -0.25) is 4.57 Å². The van der Waals surface area contributed by atoms with Gasteiger partial charge in [-0.2, -0.15) is 0 Å². The van der Waals surface area contributed by atoms with Crippen molar-refractivity contribution in [3.05, 3.63) is 53.3 Å². The fraction of sp³-hybridized carbons (Fsp3) is 0.312. The Balaban J connectivity index is 0.00000288. The van der Waals surface area contributed by atoms with E-state index in [-0.39, 0.29) is 20.1 Å². The van der Waals surface area contributed by atoms with Gasteiger partial charge in [-0.1, -0.05) is 49.2 Å². The van der Waals surface area contributed by atoms with Gasteiger partial charge in [-0.05, 0) is 18.6 Å². The Bertz CT molecular complexity index is 640. The Morgan fingerprint density at radius 2 is 1.92 bits per heavy atom. The first-order chi connectivity index (χ1) is 11.0. The number of amides is 1. The summed E-state index contributed by atoms with van der Waals surface area (Å²) in [5.41, 5.74) is 0. The fourth-order valence-corrected chi connectivity index (χ4v) is 2.96. The third-order valence-corrected chi connectivity index (χ3v) is 3.84. The smallest absolute Gasteiger partial charge is 0.329 e. The molecule has 1 aromatic heterocycles. The van der Waals surface area contributed by atoms with E-state index in [0.29, 0.717) is 33.9 Å². The zero-order chi connectivity index (χ0) is 16.8. The van der Waals surface area contributed by atoms with E-state index in [1.807, 2.05) is 6.92 Å². The maximum Gasteiger partial charge on any atom is 0.329 e. The van der Waals surface area contributed by atoms with Crippen molar-refractivity contribution in [3.8, 4) is 5.75 Å². The monoisotopic (exact) mass is 389 g/mol. The highest BCUT2D eigenvalue weighted by Crippen LogP contribution is 2.35. The normalized spacial score (nSPS) is 10.2. The lowest BCUT2D eigenvalue weighted by Gasteiger charge is -2.22. The first-order valence-corrected chi connectivity index (χ1v) is 8.21. The van der Waals surface area contributed by atoms with Gasteiger partial charge in [0, 0.05) is 24.0 Å². The summed E-state index contributed by atoms with van der Waals surface area (Å²) >= 11 is 18.0. The molecule has 0 fully saturated rings. The number of carbonyl (C=O) groups is 1. The van der Waals surface area contributed by atoms with Crippen LogP contribution in [0.5, 0.6) is 5.75 Å². The Hall–Kier alpha value is -1.43. The Morgan fingerprint density at radius 3 is 2.46 bits per heavy atom. The van der Waals surface area contributed by atoms with E-state index in [2.05, 4.69) is 4.98 Å². The van der Waals surface area contributed by atoms with Crippen molar-refractivity contribution in [1.29, 1.82) is 0 Å². The Labute approximate surface area is 157 Å². The molecule has 0 aliphatic heterocycles. The number of hydrogen-bond donors (Lipinski definition) is 0. The maximum absolute atomic E-state index is 12.3. The van der Waals surface area contributed by atoms with E-state index in [1.165, 1.54) is 10.9 Å². The fourth-order valence-electron chi connectivity index (χ4n) is 2.03. The summed E-state index contributed by atoms with van der Waals surface area (Å²) in [4.78, 5) is 17.9. The molecule has 0 atom stereocenters. The molecule has 0 bridgehead atoms. The van der Waals surface area contributed by atoms with Gasteiger partial charge in [0.15, 0.2) is 5.75 Å². The molecule has 5 nitrogen and oxygen atoms in total. The number of benzene rings is 1. The molecule has 0 aliphatic rings. The average Bonchev–Trinajstić information content (AvgIpc) is 3.02. The predicted octanol–water partition coefficient (Wildman–Crippen LogP) is 4.93. The lowest BCUT2D eigenvalue weighted by molar-refractivity contribution is 0.184. The van der Waals surface area contributed by atoms with E-state index < -0.39 is 0 Å². The van der Waals surface area contributed by atoms with Crippen LogP contribution in [0.4, 0.5) is 4.79 Å². The van der Waals surface area contributed by atoms with Gasteiger partial charge in [0.05, 0.1) is 16.6 Å². The molecule has 1 aromatic carbocycles. The van der Waals surface area contributed by atoms with Crippen molar-refractivity contribution < 1.29 is 9.53 Å². The van der Waals surface area contributed by atoms with E-state index in [4.69, 9.17) is 39.5 Å². The Morgan fingerprint density at radius 1 is 1.25 bits per heavy atom. The zero-order valence-corrected chi connectivity index (χ0v) is 15.5.